The molecule has 2 aliphatic rings. The van der Waals surface area contributed by atoms with Crippen LogP contribution in [0.15, 0.2) is 4.99 Å². The predicted octanol–water partition coefficient (Wildman–Crippen LogP) is 2.27. The molecular weight excluding hydrogens is 220 g/mol. The van der Waals surface area contributed by atoms with Gasteiger partial charge in [0.25, 0.3) is 0 Å². The Morgan fingerprint density at radius 2 is 2.44 bits per heavy atom. The summed E-state index contributed by atoms with van der Waals surface area (Å²) in [6.07, 6.45) is 4.34. The fourth-order valence-corrected chi connectivity index (χ4v) is 3.62. The molecule has 0 bridgehead atoms. The molecule has 0 radical (unpaired) electrons. The molecule has 0 aromatic heterocycles. The van der Waals surface area contributed by atoms with Crippen molar-refractivity contribution in [3.8, 4) is 0 Å². The smallest absolute Gasteiger partial charge is 0.156 e. The molecule has 1 N–H and O–H groups in total. The van der Waals surface area contributed by atoms with Gasteiger partial charge in [0.1, 0.15) is 0 Å². The van der Waals surface area contributed by atoms with Gasteiger partial charge < -0.3 is 10.1 Å². The first kappa shape index (κ1) is 12.2. The zero-order valence-electron chi connectivity index (χ0n) is 10.2. The Labute approximate surface area is 102 Å². The van der Waals surface area contributed by atoms with Gasteiger partial charge in [0, 0.05) is 18.4 Å². The molecule has 4 heteroatoms. The third-order valence-corrected chi connectivity index (χ3v) is 4.46. The third-order valence-electron chi connectivity index (χ3n) is 3.35. The zero-order valence-corrected chi connectivity index (χ0v) is 11.1. The molecule has 0 aromatic rings. The van der Waals surface area contributed by atoms with Crippen molar-refractivity contribution in [2.24, 2.45) is 10.9 Å². The molecule has 1 aliphatic heterocycles. The molecule has 1 heterocycles. The fourth-order valence-electron chi connectivity index (χ4n) is 2.45. The number of hydrogen-bond donors (Lipinski definition) is 1. The summed E-state index contributed by atoms with van der Waals surface area (Å²) in [6.45, 7) is 5.66. The van der Waals surface area contributed by atoms with Crippen LogP contribution in [-0.4, -0.2) is 36.2 Å². The zero-order chi connectivity index (χ0) is 11.4. The van der Waals surface area contributed by atoms with E-state index in [-0.39, 0.29) is 6.10 Å². The van der Waals surface area contributed by atoms with Crippen molar-refractivity contribution in [3.63, 3.8) is 0 Å². The normalized spacial score (nSPS) is 33.5. The van der Waals surface area contributed by atoms with Gasteiger partial charge in [-0.15, -0.1) is 0 Å². The van der Waals surface area contributed by atoms with E-state index in [2.05, 4.69) is 17.2 Å². The second kappa shape index (κ2) is 5.92. The van der Waals surface area contributed by atoms with Crippen LogP contribution in [0.25, 0.3) is 0 Å². The molecule has 16 heavy (non-hydrogen) atoms. The minimum Gasteiger partial charge on any atom is -0.377 e. The highest BCUT2D eigenvalue weighted by Gasteiger charge is 2.31. The van der Waals surface area contributed by atoms with Crippen molar-refractivity contribution in [1.82, 2.24) is 5.32 Å². The van der Waals surface area contributed by atoms with Crippen molar-refractivity contribution in [3.05, 3.63) is 0 Å². The highest BCUT2D eigenvalue weighted by atomic mass is 32.2. The molecule has 3 unspecified atom stereocenters. The molecule has 0 amide bonds. The number of aliphatic imine (C=N–C) groups is 1. The molecule has 2 fully saturated rings. The first-order valence-corrected chi connectivity index (χ1v) is 7.33. The van der Waals surface area contributed by atoms with Gasteiger partial charge in [-0.3, -0.25) is 4.99 Å². The van der Waals surface area contributed by atoms with Gasteiger partial charge >= 0.3 is 0 Å². The average Bonchev–Trinajstić information content (AvgIpc) is 2.74. The van der Waals surface area contributed by atoms with Crippen molar-refractivity contribution in [2.75, 3.05) is 18.9 Å². The maximum absolute atomic E-state index is 5.48. The van der Waals surface area contributed by atoms with Crippen molar-refractivity contribution >= 4 is 16.9 Å². The molecule has 3 atom stereocenters. The summed E-state index contributed by atoms with van der Waals surface area (Å²) in [5.74, 6) is 2.13. The number of amidine groups is 1. The summed E-state index contributed by atoms with van der Waals surface area (Å²) in [5.41, 5.74) is 0. The Bertz CT molecular complexity index is 257. The first-order valence-electron chi connectivity index (χ1n) is 6.35. The number of nitrogens with zero attached hydrogens (tertiary/aromatic N) is 1. The summed E-state index contributed by atoms with van der Waals surface area (Å²) in [6, 6.07) is 0.697. The molecule has 0 spiro atoms. The van der Waals surface area contributed by atoms with Crippen LogP contribution in [-0.2, 0) is 4.74 Å². The van der Waals surface area contributed by atoms with E-state index in [4.69, 9.17) is 4.74 Å². The molecule has 0 aromatic carbocycles. The monoisotopic (exact) mass is 242 g/mol. The Morgan fingerprint density at radius 1 is 1.56 bits per heavy atom. The first-order chi connectivity index (χ1) is 7.79. The van der Waals surface area contributed by atoms with Gasteiger partial charge in [-0.1, -0.05) is 18.2 Å². The SMILES string of the molecule is CCOC(C)CN=C1NC2CCCC2CS1. The molecule has 1 saturated heterocycles. The highest BCUT2D eigenvalue weighted by Crippen LogP contribution is 2.32. The Morgan fingerprint density at radius 3 is 3.25 bits per heavy atom. The molecule has 1 saturated carbocycles. The Balaban J connectivity index is 1.79. The summed E-state index contributed by atoms with van der Waals surface area (Å²) in [4.78, 5) is 4.61. The van der Waals surface area contributed by atoms with Crippen molar-refractivity contribution in [2.45, 2.75) is 45.3 Å². The summed E-state index contributed by atoms with van der Waals surface area (Å²) in [7, 11) is 0. The lowest BCUT2D eigenvalue weighted by atomic mass is 10.1. The van der Waals surface area contributed by atoms with Gasteiger partial charge in [-0.25, -0.2) is 0 Å². The van der Waals surface area contributed by atoms with Crippen molar-refractivity contribution < 1.29 is 4.74 Å². The average molecular weight is 242 g/mol. The van der Waals surface area contributed by atoms with Crippen LogP contribution in [0.2, 0.25) is 0 Å². The maximum Gasteiger partial charge on any atom is 0.156 e. The number of thioether (sulfide) groups is 1. The van der Waals surface area contributed by atoms with Crippen LogP contribution < -0.4 is 5.32 Å². The summed E-state index contributed by atoms with van der Waals surface area (Å²) in [5, 5.41) is 4.70. The second-order valence-electron chi connectivity index (χ2n) is 4.66. The van der Waals surface area contributed by atoms with Gasteiger partial charge in [-0.2, -0.15) is 0 Å². The maximum atomic E-state index is 5.48. The largest absolute Gasteiger partial charge is 0.377 e. The molecular formula is C12H22N2OS. The molecule has 92 valence electrons. The van der Waals surface area contributed by atoms with E-state index in [0.29, 0.717) is 6.04 Å². The molecule has 1 aliphatic carbocycles. The lowest BCUT2D eigenvalue weighted by Crippen LogP contribution is -2.41. The summed E-state index contributed by atoms with van der Waals surface area (Å²) >= 11 is 1.88. The van der Waals surface area contributed by atoms with Crippen LogP contribution in [0.1, 0.15) is 33.1 Å². The number of fused-ring (bicyclic) bond motifs is 1. The minimum absolute atomic E-state index is 0.237. The van der Waals surface area contributed by atoms with Crippen LogP contribution in [0.5, 0.6) is 0 Å². The second-order valence-corrected chi connectivity index (χ2v) is 5.67. The number of ether oxygens (including phenoxy) is 1. The van der Waals surface area contributed by atoms with E-state index < -0.39 is 0 Å². The van der Waals surface area contributed by atoms with E-state index in [0.717, 1.165) is 24.2 Å². The quantitative estimate of drug-likeness (QED) is 0.821. The van der Waals surface area contributed by atoms with E-state index in [9.17, 15) is 0 Å². The minimum atomic E-state index is 0.237. The van der Waals surface area contributed by atoms with Gasteiger partial charge in [0.15, 0.2) is 5.17 Å². The Kier molecular flexibility index (Phi) is 4.53. The summed E-state index contributed by atoms with van der Waals surface area (Å²) < 4.78 is 5.48. The van der Waals surface area contributed by atoms with E-state index in [1.807, 2.05) is 18.7 Å². The number of rotatable bonds is 4. The van der Waals surface area contributed by atoms with Gasteiger partial charge in [0.05, 0.1) is 12.6 Å². The lowest BCUT2D eigenvalue weighted by Gasteiger charge is -2.28. The van der Waals surface area contributed by atoms with Gasteiger partial charge in [-0.05, 0) is 32.6 Å². The third kappa shape index (κ3) is 3.14. The van der Waals surface area contributed by atoms with E-state index in [1.54, 1.807) is 0 Å². The highest BCUT2D eigenvalue weighted by molar-refractivity contribution is 8.13. The predicted molar refractivity (Wildman–Crippen MR) is 70.1 cm³/mol. The standard InChI is InChI=1S/C12H22N2OS/c1-3-15-9(2)7-13-12-14-11-6-4-5-10(11)8-16-12/h9-11H,3-8H2,1-2H3,(H,13,14). The van der Waals surface area contributed by atoms with Crippen molar-refractivity contribution in [1.29, 1.82) is 0 Å². The number of hydrogen-bond acceptors (Lipinski definition) is 3. The van der Waals surface area contributed by atoms with E-state index >= 15 is 0 Å². The topological polar surface area (TPSA) is 33.6 Å². The van der Waals surface area contributed by atoms with Crippen LogP contribution in [0, 0.1) is 5.92 Å². The molecule has 2 rings (SSSR count). The lowest BCUT2D eigenvalue weighted by molar-refractivity contribution is 0.0829. The van der Waals surface area contributed by atoms with Crippen LogP contribution >= 0.6 is 11.8 Å². The molecule has 3 nitrogen and oxygen atoms in total. The fraction of sp³-hybridized carbons (Fsp3) is 0.917. The van der Waals surface area contributed by atoms with Crippen LogP contribution in [0.4, 0.5) is 0 Å². The Hall–Kier alpha value is -0.220. The number of nitrogens with one attached hydrogen (secondary N) is 1. The van der Waals surface area contributed by atoms with Crippen LogP contribution in [0.3, 0.4) is 0 Å². The van der Waals surface area contributed by atoms with Gasteiger partial charge in [0.2, 0.25) is 0 Å². The van der Waals surface area contributed by atoms with E-state index in [1.165, 1.54) is 25.0 Å².